The van der Waals surface area contributed by atoms with Crippen LogP contribution in [-0.2, 0) is 0 Å². The Morgan fingerprint density at radius 1 is 1.50 bits per heavy atom. The lowest BCUT2D eigenvalue weighted by molar-refractivity contribution is 0.317. The molecular weight excluding hydrogens is 249 g/mol. The number of nitrogens with zero attached hydrogens (tertiary/aromatic N) is 1. The van der Waals surface area contributed by atoms with E-state index >= 15 is 0 Å². The van der Waals surface area contributed by atoms with Crippen molar-refractivity contribution in [2.45, 2.75) is 12.8 Å². The first-order valence-corrected chi connectivity index (χ1v) is 5.19. The Kier molecular flexibility index (Phi) is 2.54. The maximum absolute atomic E-state index is 13.4. The van der Waals surface area contributed by atoms with E-state index in [4.69, 9.17) is 5.21 Å². The van der Waals surface area contributed by atoms with E-state index < -0.39 is 0 Å². The third kappa shape index (κ3) is 1.80. The molecule has 0 heterocycles. The van der Waals surface area contributed by atoms with Crippen molar-refractivity contribution < 1.29 is 9.60 Å². The molecule has 2 rings (SSSR count). The molecule has 0 saturated heterocycles. The minimum atomic E-state index is -0.340. The fourth-order valence-electron chi connectivity index (χ4n) is 1.41. The summed E-state index contributed by atoms with van der Waals surface area (Å²) in [4.78, 5) is 0. The highest BCUT2D eigenvalue weighted by atomic mass is 79.9. The zero-order chi connectivity index (χ0) is 10.1. The van der Waals surface area contributed by atoms with E-state index in [2.05, 4.69) is 21.1 Å². The van der Waals surface area contributed by atoms with Crippen molar-refractivity contribution in [3.8, 4) is 0 Å². The Labute approximate surface area is 89.6 Å². The third-order valence-electron chi connectivity index (χ3n) is 2.28. The molecule has 0 aliphatic heterocycles. The van der Waals surface area contributed by atoms with E-state index in [9.17, 15) is 4.39 Å². The molecule has 0 radical (unpaired) electrons. The van der Waals surface area contributed by atoms with Gasteiger partial charge in [-0.25, -0.2) is 4.39 Å². The molecule has 1 aromatic rings. The van der Waals surface area contributed by atoms with Crippen molar-refractivity contribution in [1.82, 2.24) is 0 Å². The fraction of sp³-hybridized carbons (Fsp3) is 0.300. The number of rotatable bonds is 2. The van der Waals surface area contributed by atoms with E-state index in [0.29, 0.717) is 11.3 Å². The molecule has 0 unspecified atom stereocenters. The third-order valence-corrected chi connectivity index (χ3v) is 2.77. The van der Waals surface area contributed by atoms with Gasteiger partial charge in [0.2, 0.25) is 0 Å². The number of benzene rings is 1. The largest absolute Gasteiger partial charge is 0.411 e. The van der Waals surface area contributed by atoms with Crippen molar-refractivity contribution in [1.29, 1.82) is 0 Å². The normalized spacial score (nSPS) is 17.1. The minimum absolute atomic E-state index is 0.226. The molecule has 2 nitrogen and oxygen atoms in total. The number of halogens is 2. The topological polar surface area (TPSA) is 32.6 Å². The first-order chi connectivity index (χ1) is 6.72. The molecule has 1 aliphatic carbocycles. The number of oxime groups is 1. The van der Waals surface area contributed by atoms with E-state index in [0.717, 1.165) is 17.3 Å². The second-order valence-electron chi connectivity index (χ2n) is 3.38. The average molecular weight is 258 g/mol. The van der Waals surface area contributed by atoms with Gasteiger partial charge in [0.15, 0.2) is 0 Å². The van der Waals surface area contributed by atoms with Gasteiger partial charge < -0.3 is 5.21 Å². The minimum Gasteiger partial charge on any atom is -0.411 e. The molecule has 14 heavy (non-hydrogen) atoms. The smallest absolute Gasteiger partial charge is 0.132 e. The van der Waals surface area contributed by atoms with E-state index in [1.165, 1.54) is 6.07 Å². The molecule has 0 amide bonds. The summed E-state index contributed by atoms with van der Waals surface area (Å²) >= 11 is 3.26. The average Bonchev–Trinajstić information content (AvgIpc) is 2.96. The van der Waals surface area contributed by atoms with E-state index in [1.807, 2.05) is 0 Å². The van der Waals surface area contributed by atoms with Crippen molar-refractivity contribution in [2.24, 2.45) is 11.1 Å². The molecule has 74 valence electrons. The quantitative estimate of drug-likeness (QED) is 0.493. The Hall–Kier alpha value is -0.900. The SMILES string of the molecule is O/N=C(/c1cc(Br)ccc1F)C1CC1. The molecule has 1 N–H and O–H groups in total. The van der Waals surface area contributed by atoms with Gasteiger partial charge in [-0.15, -0.1) is 0 Å². The number of hydrogen-bond acceptors (Lipinski definition) is 2. The molecule has 0 spiro atoms. The summed E-state index contributed by atoms with van der Waals surface area (Å²) in [5.74, 6) is -0.114. The first kappa shape index (κ1) is 9.65. The monoisotopic (exact) mass is 257 g/mol. The van der Waals surface area contributed by atoms with Crippen LogP contribution < -0.4 is 0 Å². The summed E-state index contributed by atoms with van der Waals surface area (Å²) in [5.41, 5.74) is 0.855. The Morgan fingerprint density at radius 2 is 2.21 bits per heavy atom. The standard InChI is InChI=1S/C10H9BrFNO/c11-7-3-4-9(12)8(5-7)10(13-14)6-1-2-6/h3-6,14H,1-2H2/b13-10+. The molecule has 1 aliphatic rings. The maximum atomic E-state index is 13.4. The summed E-state index contributed by atoms with van der Waals surface area (Å²) in [6, 6.07) is 4.64. The summed E-state index contributed by atoms with van der Waals surface area (Å²) < 4.78 is 14.2. The van der Waals surface area contributed by atoms with Crippen LogP contribution in [0.5, 0.6) is 0 Å². The zero-order valence-corrected chi connectivity index (χ0v) is 8.96. The summed E-state index contributed by atoms with van der Waals surface area (Å²) in [6.07, 6.45) is 1.96. The summed E-state index contributed by atoms with van der Waals surface area (Å²) in [5, 5.41) is 12.0. The zero-order valence-electron chi connectivity index (χ0n) is 7.37. The highest BCUT2D eigenvalue weighted by molar-refractivity contribution is 9.10. The molecule has 1 saturated carbocycles. The van der Waals surface area contributed by atoms with Crippen LogP contribution in [0, 0.1) is 11.7 Å². The highest BCUT2D eigenvalue weighted by Crippen LogP contribution is 2.34. The predicted octanol–water partition coefficient (Wildman–Crippen LogP) is 3.18. The van der Waals surface area contributed by atoms with E-state index in [-0.39, 0.29) is 11.7 Å². The molecule has 0 bridgehead atoms. The lowest BCUT2D eigenvalue weighted by atomic mass is 10.1. The maximum Gasteiger partial charge on any atom is 0.132 e. The summed E-state index contributed by atoms with van der Waals surface area (Å²) in [6.45, 7) is 0. The van der Waals surface area contributed by atoms with Crippen molar-refractivity contribution in [3.05, 3.63) is 34.1 Å². The fourth-order valence-corrected chi connectivity index (χ4v) is 1.77. The molecule has 4 heteroatoms. The van der Waals surface area contributed by atoms with Gasteiger partial charge in [-0.05, 0) is 31.0 Å². The molecule has 0 aromatic heterocycles. The molecular formula is C10H9BrFNO. The van der Waals surface area contributed by atoms with Crippen LogP contribution in [0.3, 0.4) is 0 Å². The number of hydrogen-bond donors (Lipinski definition) is 1. The van der Waals surface area contributed by atoms with Crippen LogP contribution in [-0.4, -0.2) is 10.9 Å². The van der Waals surface area contributed by atoms with Gasteiger partial charge in [0.1, 0.15) is 5.82 Å². The van der Waals surface area contributed by atoms with Gasteiger partial charge in [-0.1, -0.05) is 21.1 Å². The van der Waals surface area contributed by atoms with Crippen LogP contribution in [0.4, 0.5) is 4.39 Å². The van der Waals surface area contributed by atoms with E-state index in [1.54, 1.807) is 12.1 Å². The lowest BCUT2D eigenvalue weighted by Crippen LogP contribution is -2.06. The van der Waals surface area contributed by atoms with Crippen LogP contribution >= 0.6 is 15.9 Å². The van der Waals surface area contributed by atoms with Gasteiger partial charge >= 0.3 is 0 Å². The highest BCUT2D eigenvalue weighted by Gasteiger charge is 2.30. The molecule has 0 atom stereocenters. The Bertz CT molecular complexity index is 388. The van der Waals surface area contributed by atoms with Gasteiger partial charge in [-0.2, -0.15) is 0 Å². The first-order valence-electron chi connectivity index (χ1n) is 4.39. The Morgan fingerprint density at radius 3 is 2.79 bits per heavy atom. The van der Waals surface area contributed by atoms with Crippen LogP contribution in [0.2, 0.25) is 0 Å². The molecule has 1 fully saturated rings. The van der Waals surface area contributed by atoms with Crippen molar-refractivity contribution in [2.75, 3.05) is 0 Å². The second kappa shape index (κ2) is 3.69. The Balaban J connectivity index is 2.42. The van der Waals surface area contributed by atoms with Crippen LogP contribution in [0.1, 0.15) is 18.4 Å². The summed E-state index contributed by atoms with van der Waals surface area (Å²) in [7, 11) is 0. The van der Waals surface area contributed by atoms with Gasteiger partial charge in [0.05, 0.1) is 5.71 Å². The predicted molar refractivity (Wildman–Crippen MR) is 55.1 cm³/mol. The van der Waals surface area contributed by atoms with Crippen molar-refractivity contribution >= 4 is 21.6 Å². The van der Waals surface area contributed by atoms with Gasteiger partial charge in [0, 0.05) is 16.0 Å². The van der Waals surface area contributed by atoms with Crippen LogP contribution in [0.15, 0.2) is 27.8 Å². The van der Waals surface area contributed by atoms with Crippen molar-refractivity contribution in [3.63, 3.8) is 0 Å². The molecule has 1 aromatic carbocycles. The van der Waals surface area contributed by atoms with Gasteiger partial charge in [0.25, 0.3) is 0 Å². The van der Waals surface area contributed by atoms with Gasteiger partial charge in [-0.3, -0.25) is 0 Å². The van der Waals surface area contributed by atoms with Crippen LogP contribution in [0.25, 0.3) is 0 Å². The lowest BCUT2D eigenvalue weighted by Gasteiger charge is -2.04. The second-order valence-corrected chi connectivity index (χ2v) is 4.30.